The second kappa shape index (κ2) is 12.0. The number of pyridine rings is 1. The van der Waals surface area contributed by atoms with Gasteiger partial charge in [-0.3, -0.25) is 14.6 Å². The van der Waals surface area contributed by atoms with Crippen LogP contribution in [-0.2, 0) is 25.4 Å². The number of nitrogens with zero attached hydrogens (tertiary/aromatic N) is 2. The van der Waals surface area contributed by atoms with E-state index in [9.17, 15) is 9.59 Å². The summed E-state index contributed by atoms with van der Waals surface area (Å²) in [5.74, 6) is 0.493. The third kappa shape index (κ3) is 5.73. The molecule has 3 aromatic rings. The Labute approximate surface area is 277 Å². The predicted molar refractivity (Wildman–Crippen MR) is 182 cm³/mol. The molecular weight excluding hydrogens is 591 g/mol. The van der Waals surface area contributed by atoms with E-state index >= 15 is 0 Å². The molecule has 1 aromatic heterocycles. The second-order valence-electron chi connectivity index (χ2n) is 15.2. The zero-order valence-corrected chi connectivity index (χ0v) is 28.0. The Morgan fingerprint density at radius 3 is 2.57 bits per heavy atom. The topological polar surface area (TPSA) is 111 Å². The van der Waals surface area contributed by atoms with Crippen LogP contribution < -0.4 is 10.6 Å². The number of aromatic nitrogens is 1. The maximum absolute atomic E-state index is 14.4. The number of carbonyl (C=O) groups is 2. The van der Waals surface area contributed by atoms with Crippen LogP contribution in [0.25, 0.3) is 10.9 Å². The van der Waals surface area contributed by atoms with Gasteiger partial charge in [0, 0.05) is 24.4 Å². The minimum atomic E-state index is -1.28. The Hall–Kier alpha value is -3.76. The zero-order chi connectivity index (χ0) is 33.0. The van der Waals surface area contributed by atoms with Crippen LogP contribution >= 0.6 is 0 Å². The molecule has 246 valence electrons. The van der Waals surface area contributed by atoms with Gasteiger partial charge in [-0.25, -0.2) is 0 Å². The predicted octanol–water partition coefficient (Wildman–Crippen LogP) is 5.52. The molecule has 0 radical (unpaired) electrons. The van der Waals surface area contributed by atoms with Crippen molar-refractivity contribution < 1.29 is 23.7 Å². The highest BCUT2D eigenvalue weighted by Crippen LogP contribution is 2.65. The molecule has 1 unspecified atom stereocenters. The summed E-state index contributed by atoms with van der Waals surface area (Å²) in [4.78, 5) is 38.2. The largest absolute Gasteiger partial charge is 0.481 e. The van der Waals surface area contributed by atoms with E-state index in [0.717, 1.165) is 17.4 Å². The molecule has 5 aliphatic rings. The van der Waals surface area contributed by atoms with Gasteiger partial charge in [-0.05, 0) is 67.1 Å². The van der Waals surface area contributed by atoms with E-state index in [2.05, 4.69) is 55.4 Å². The van der Waals surface area contributed by atoms with E-state index in [0.29, 0.717) is 47.4 Å². The van der Waals surface area contributed by atoms with E-state index in [1.54, 1.807) is 12.3 Å². The molecule has 8 rings (SSSR count). The molecule has 2 aromatic carbocycles. The molecular formula is C37H45BN4O5. The summed E-state index contributed by atoms with van der Waals surface area (Å²) in [6.07, 6.45) is 5.11. The van der Waals surface area contributed by atoms with Gasteiger partial charge in [-0.15, -0.1) is 0 Å². The van der Waals surface area contributed by atoms with Gasteiger partial charge in [0.05, 0.1) is 41.0 Å². The standard InChI is InChI=1S/C37H45BN4O5/c1-23(2)17-31(38-45-30-19-26-18-29(35(26,3)4)36(30,5)46-38)41-34(44)37(20-24-11-7-6-8-12-24)21-27(42-47-37)22-40-33(43)28-15-9-13-25-14-10-16-39-32(25)28/h6-16,23,26,29-31H,17-22H2,1-5H3,(H,40,43)(H,41,44)/t26-,29-,30+,31-,36-,37?/m0/s1. The summed E-state index contributed by atoms with van der Waals surface area (Å²) in [6.45, 7) is 11.3. The first-order valence-corrected chi connectivity index (χ1v) is 17.0. The molecule has 10 heteroatoms. The first-order chi connectivity index (χ1) is 22.5. The molecule has 9 nitrogen and oxygen atoms in total. The maximum Gasteiger partial charge on any atom is 0.481 e. The lowest BCUT2D eigenvalue weighted by Crippen LogP contribution is -2.65. The number of hydrogen-bond acceptors (Lipinski definition) is 7. The summed E-state index contributed by atoms with van der Waals surface area (Å²) >= 11 is 0. The number of nitrogens with one attached hydrogen (secondary N) is 2. The fourth-order valence-electron chi connectivity index (χ4n) is 8.55. The van der Waals surface area contributed by atoms with Crippen molar-refractivity contribution in [3.05, 3.63) is 78.0 Å². The highest BCUT2D eigenvalue weighted by atomic mass is 16.7. The minimum absolute atomic E-state index is 0.0207. The second-order valence-corrected chi connectivity index (χ2v) is 15.2. The van der Waals surface area contributed by atoms with Gasteiger partial charge in [-0.1, -0.05) is 81.4 Å². The van der Waals surface area contributed by atoms with Gasteiger partial charge in [0.15, 0.2) is 0 Å². The molecule has 3 saturated carbocycles. The van der Waals surface area contributed by atoms with Gasteiger partial charge in [0.2, 0.25) is 5.60 Å². The number of para-hydroxylation sites is 1. The molecule has 0 spiro atoms. The van der Waals surface area contributed by atoms with Crippen molar-refractivity contribution in [3.8, 4) is 0 Å². The van der Waals surface area contributed by atoms with Crippen molar-refractivity contribution in [2.24, 2.45) is 28.3 Å². The maximum atomic E-state index is 14.4. The Kier molecular flexibility index (Phi) is 8.16. The lowest BCUT2D eigenvalue weighted by atomic mass is 9.43. The number of rotatable bonds is 10. The third-order valence-electron chi connectivity index (χ3n) is 11.3. The Bertz CT molecular complexity index is 1690. The summed E-state index contributed by atoms with van der Waals surface area (Å²) in [5.41, 5.74) is 1.24. The van der Waals surface area contributed by atoms with Gasteiger partial charge < -0.3 is 24.8 Å². The van der Waals surface area contributed by atoms with Crippen LogP contribution in [0.2, 0.25) is 0 Å². The molecule has 2 N–H and O–H groups in total. The summed E-state index contributed by atoms with van der Waals surface area (Å²) in [7, 11) is -0.546. The van der Waals surface area contributed by atoms with Gasteiger partial charge in [0.1, 0.15) is 0 Å². The van der Waals surface area contributed by atoms with E-state index in [1.165, 1.54) is 6.42 Å². The van der Waals surface area contributed by atoms with Crippen LogP contribution in [-0.4, -0.2) is 59.4 Å². The number of benzene rings is 2. The van der Waals surface area contributed by atoms with Crippen LogP contribution in [0.15, 0.2) is 72.0 Å². The fraction of sp³-hybridized carbons (Fsp3) is 0.514. The first kappa shape index (κ1) is 31.8. The quantitative estimate of drug-likeness (QED) is 0.284. The van der Waals surface area contributed by atoms with E-state index < -0.39 is 12.7 Å². The highest BCUT2D eigenvalue weighted by molar-refractivity contribution is 6.48. The summed E-state index contributed by atoms with van der Waals surface area (Å²) in [6, 6.07) is 19.1. The van der Waals surface area contributed by atoms with E-state index in [4.69, 9.17) is 14.1 Å². The van der Waals surface area contributed by atoms with Crippen molar-refractivity contribution in [3.63, 3.8) is 0 Å². The SMILES string of the molecule is CC(C)C[C@H](NC(=O)C1(Cc2ccccc2)CC(CNC(=O)c2cccc3cccnc23)=NO1)B1O[C@@H]2C[C@@H]3C[C@@H](C3(C)C)[C@]2(C)O1. The molecule has 3 aliphatic carbocycles. The molecule has 2 amide bonds. The van der Waals surface area contributed by atoms with Gasteiger partial charge >= 0.3 is 7.12 Å². The van der Waals surface area contributed by atoms with Crippen LogP contribution in [0.1, 0.15) is 76.2 Å². The van der Waals surface area contributed by atoms with Crippen molar-refractivity contribution in [2.45, 2.75) is 90.0 Å². The molecule has 6 atom stereocenters. The average Bonchev–Trinajstić information content (AvgIpc) is 3.64. The third-order valence-corrected chi connectivity index (χ3v) is 11.3. The fourth-order valence-corrected chi connectivity index (χ4v) is 8.55. The summed E-state index contributed by atoms with van der Waals surface area (Å²) in [5, 5.41) is 11.5. The van der Waals surface area contributed by atoms with Crippen LogP contribution in [0, 0.1) is 23.2 Å². The number of hydrogen-bond donors (Lipinski definition) is 2. The normalized spacial score (nSPS) is 29.4. The number of amides is 2. The van der Waals surface area contributed by atoms with E-state index in [1.807, 2.05) is 54.6 Å². The molecule has 47 heavy (non-hydrogen) atoms. The van der Waals surface area contributed by atoms with Crippen molar-refractivity contribution >= 4 is 35.5 Å². The number of oxime groups is 1. The monoisotopic (exact) mass is 636 g/mol. The summed E-state index contributed by atoms with van der Waals surface area (Å²) < 4.78 is 13.5. The Morgan fingerprint density at radius 2 is 1.81 bits per heavy atom. The van der Waals surface area contributed by atoms with Crippen molar-refractivity contribution in [1.82, 2.24) is 15.6 Å². The lowest BCUT2D eigenvalue weighted by Gasteiger charge is -2.64. The average molecular weight is 637 g/mol. The smallest absolute Gasteiger partial charge is 0.404 e. The van der Waals surface area contributed by atoms with Crippen molar-refractivity contribution in [1.29, 1.82) is 0 Å². The number of fused-ring (bicyclic) bond motifs is 1. The van der Waals surface area contributed by atoms with Crippen molar-refractivity contribution in [2.75, 3.05) is 6.54 Å². The van der Waals surface area contributed by atoms with Crippen LogP contribution in [0.5, 0.6) is 0 Å². The molecule has 3 heterocycles. The molecule has 1 saturated heterocycles. The molecule has 2 bridgehead atoms. The highest BCUT2D eigenvalue weighted by Gasteiger charge is 2.68. The van der Waals surface area contributed by atoms with Gasteiger partial charge in [-0.2, -0.15) is 0 Å². The van der Waals surface area contributed by atoms with Crippen LogP contribution in [0.4, 0.5) is 0 Å². The Balaban J connectivity index is 1.08. The minimum Gasteiger partial charge on any atom is -0.404 e. The molecule has 4 fully saturated rings. The van der Waals surface area contributed by atoms with Gasteiger partial charge in [0.25, 0.3) is 11.8 Å². The Morgan fingerprint density at radius 1 is 1.02 bits per heavy atom. The lowest BCUT2D eigenvalue weighted by molar-refractivity contribution is -0.199. The zero-order valence-electron chi connectivity index (χ0n) is 28.0. The van der Waals surface area contributed by atoms with E-state index in [-0.39, 0.29) is 47.8 Å². The first-order valence-electron chi connectivity index (χ1n) is 17.0. The number of carbonyl (C=O) groups excluding carboxylic acids is 2. The molecule has 2 aliphatic heterocycles. The van der Waals surface area contributed by atoms with Crippen LogP contribution in [0.3, 0.4) is 0 Å².